The molecule has 7 N–H and O–H groups in total. The van der Waals surface area contributed by atoms with Crippen LogP contribution in [0.2, 0.25) is 0 Å². The summed E-state index contributed by atoms with van der Waals surface area (Å²) in [6.45, 7) is -0.469. The van der Waals surface area contributed by atoms with Gasteiger partial charge in [0.05, 0.1) is 6.33 Å². The summed E-state index contributed by atoms with van der Waals surface area (Å²) in [5, 5.41) is 0. The number of nitrogens with two attached hydrogens (primary N) is 3. The fraction of sp³-hybridized carbons (Fsp3) is 0.333. The van der Waals surface area contributed by atoms with E-state index in [0.717, 1.165) is 5.56 Å². The molecular formula is C18H23N5O5. The number of imidazole rings is 1. The van der Waals surface area contributed by atoms with Gasteiger partial charge < -0.3 is 31.7 Å². The number of aromatic nitrogens is 2. The van der Waals surface area contributed by atoms with Gasteiger partial charge in [0.2, 0.25) is 0 Å². The van der Waals surface area contributed by atoms with E-state index in [1.54, 1.807) is 0 Å². The lowest BCUT2D eigenvalue weighted by Crippen LogP contribution is -2.44. The predicted molar refractivity (Wildman–Crippen MR) is 98.4 cm³/mol. The minimum Gasteiger partial charge on any atom is -0.462 e. The molecule has 0 radical (unpaired) electrons. The average Bonchev–Trinajstić information content (AvgIpc) is 3.19. The molecule has 3 atom stereocenters. The van der Waals surface area contributed by atoms with E-state index in [1.165, 1.54) is 12.5 Å². The zero-order valence-electron chi connectivity index (χ0n) is 15.1. The van der Waals surface area contributed by atoms with E-state index in [-0.39, 0.29) is 12.8 Å². The number of carbonyl (C=O) groups is 3. The third kappa shape index (κ3) is 6.58. The number of hydrogen-bond donors (Lipinski definition) is 4. The summed E-state index contributed by atoms with van der Waals surface area (Å²) in [4.78, 5) is 42.2. The van der Waals surface area contributed by atoms with Crippen molar-refractivity contribution in [3.63, 3.8) is 0 Å². The zero-order chi connectivity index (χ0) is 20.5. The number of H-pyrrole nitrogens is 1. The Balaban J connectivity index is 1.73. The highest BCUT2D eigenvalue weighted by Gasteiger charge is 2.25. The third-order valence-corrected chi connectivity index (χ3v) is 3.81. The van der Waals surface area contributed by atoms with E-state index in [0.29, 0.717) is 5.69 Å². The Morgan fingerprint density at radius 3 is 2.21 bits per heavy atom. The Morgan fingerprint density at radius 1 is 0.929 bits per heavy atom. The fourth-order valence-electron chi connectivity index (χ4n) is 2.27. The molecule has 2 rings (SSSR count). The Kier molecular flexibility index (Phi) is 7.81. The number of aromatic amines is 1. The van der Waals surface area contributed by atoms with Gasteiger partial charge in [-0.3, -0.25) is 4.79 Å². The molecule has 1 heterocycles. The van der Waals surface area contributed by atoms with Crippen molar-refractivity contribution in [1.82, 2.24) is 9.97 Å². The maximum Gasteiger partial charge on any atom is 0.334 e. The van der Waals surface area contributed by atoms with Gasteiger partial charge in [-0.2, -0.15) is 0 Å². The lowest BCUT2D eigenvalue weighted by molar-refractivity contribution is -0.163. The Labute approximate surface area is 161 Å². The first-order chi connectivity index (χ1) is 13.4. The van der Waals surface area contributed by atoms with E-state index < -0.39 is 42.6 Å². The Morgan fingerprint density at radius 2 is 1.57 bits per heavy atom. The van der Waals surface area contributed by atoms with Crippen LogP contribution in [0.5, 0.6) is 0 Å². The van der Waals surface area contributed by atoms with Crippen molar-refractivity contribution < 1.29 is 23.9 Å². The maximum absolute atomic E-state index is 11.9. The molecule has 28 heavy (non-hydrogen) atoms. The minimum absolute atomic E-state index is 0.116. The van der Waals surface area contributed by atoms with Crippen molar-refractivity contribution in [2.75, 3.05) is 6.61 Å². The molecule has 0 saturated heterocycles. The molecule has 0 saturated carbocycles. The molecule has 0 aliphatic rings. The standard InChI is InChI=1S/C18H23N5O5/c19-13(6-11-4-2-1-3-5-11)16(24)27-9-15(21)18(26)28-17(25)14(20)7-12-8-22-10-23-12/h1-5,8,10,13-15H,6-7,9,19-21H2,(H,22,23)/t13-,14-,15-/m0/s1. The van der Waals surface area contributed by atoms with Crippen LogP contribution in [-0.2, 0) is 36.7 Å². The Bertz CT molecular complexity index is 781. The normalized spacial score (nSPS) is 14.0. The zero-order valence-corrected chi connectivity index (χ0v) is 15.1. The first-order valence-corrected chi connectivity index (χ1v) is 8.57. The number of esters is 3. The largest absolute Gasteiger partial charge is 0.462 e. The van der Waals surface area contributed by atoms with Crippen LogP contribution >= 0.6 is 0 Å². The monoisotopic (exact) mass is 389 g/mol. The highest BCUT2D eigenvalue weighted by atomic mass is 16.6. The van der Waals surface area contributed by atoms with Crippen LogP contribution in [0, 0.1) is 0 Å². The molecule has 0 amide bonds. The van der Waals surface area contributed by atoms with Crippen molar-refractivity contribution in [2.45, 2.75) is 31.0 Å². The molecule has 1 aromatic heterocycles. The molecule has 2 aromatic rings. The van der Waals surface area contributed by atoms with Crippen LogP contribution in [0.25, 0.3) is 0 Å². The van der Waals surface area contributed by atoms with Gasteiger partial charge >= 0.3 is 17.9 Å². The van der Waals surface area contributed by atoms with Gasteiger partial charge in [-0.25, -0.2) is 14.6 Å². The molecule has 0 fully saturated rings. The van der Waals surface area contributed by atoms with E-state index in [9.17, 15) is 14.4 Å². The minimum atomic E-state index is -1.34. The molecule has 0 aliphatic carbocycles. The van der Waals surface area contributed by atoms with E-state index in [2.05, 4.69) is 14.7 Å². The van der Waals surface area contributed by atoms with Crippen molar-refractivity contribution in [3.05, 3.63) is 54.1 Å². The molecule has 0 bridgehead atoms. The molecule has 0 spiro atoms. The van der Waals surface area contributed by atoms with E-state index in [4.69, 9.17) is 21.9 Å². The quantitative estimate of drug-likeness (QED) is 0.303. The molecule has 10 heteroatoms. The van der Waals surface area contributed by atoms with Crippen molar-refractivity contribution in [1.29, 1.82) is 0 Å². The second kappa shape index (κ2) is 10.3. The highest BCUT2D eigenvalue weighted by Crippen LogP contribution is 2.04. The van der Waals surface area contributed by atoms with Gasteiger partial charge in [0.25, 0.3) is 0 Å². The molecule has 150 valence electrons. The lowest BCUT2D eigenvalue weighted by Gasteiger charge is -2.15. The number of rotatable bonds is 9. The fourth-order valence-corrected chi connectivity index (χ4v) is 2.27. The smallest absolute Gasteiger partial charge is 0.334 e. The lowest BCUT2D eigenvalue weighted by atomic mass is 10.1. The number of carbonyl (C=O) groups excluding carboxylic acids is 3. The number of nitrogens with zero attached hydrogens (tertiary/aromatic N) is 1. The van der Waals surface area contributed by atoms with Gasteiger partial charge in [-0.15, -0.1) is 0 Å². The van der Waals surface area contributed by atoms with Crippen LogP contribution in [0.3, 0.4) is 0 Å². The van der Waals surface area contributed by atoms with Crippen LogP contribution in [0.1, 0.15) is 11.3 Å². The predicted octanol–water partition coefficient (Wildman–Crippen LogP) is -1.21. The Hall–Kier alpha value is -3.08. The van der Waals surface area contributed by atoms with E-state index in [1.807, 2.05) is 30.3 Å². The van der Waals surface area contributed by atoms with Gasteiger partial charge in [0.15, 0.2) is 0 Å². The molecular weight excluding hydrogens is 366 g/mol. The topological polar surface area (TPSA) is 176 Å². The van der Waals surface area contributed by atoms with Crippen LogP contribution in [0.15, 0.2) is 42.9 Å². The van der Waals surface area contributed by atoms with Crippen molar-refractivity contribution in [3.8, 4) is 0 Å². The number of benzene rings is 1. The molecule has 0 unspecified atom stereocenters. The number of ether oxygens (including phenoxy) is 2. The van der Waals surface area contributed by atoms with Gasteiger partial charge in [0.1, 0.15) is 24.7 Å². The van der Waals surface area contributed by atoms with E-state index >= 15 is 0 Å². The first-order valence-electron chi connectivity index (χ1n) is 8.57. The maximum atomic E-state index is 11.9. The van der Waals surface area contributed by atoms with Crippen LogP contribution in [-0.4, -0.2) is 52.6 Å². The summed E-state index contributed by atoms with van der Waals surface area (Å²) < 4.78 is 9.57. The summed E-state index contributed by atoms with van der Waals surface area (Å²) in [5.74, 6) is -2.70. The average molecular weight is 389 g/mol. The SMILES string of the molecule is N[C@@H](Cc1ccccc1)C(=O)OC[C@H](N)C(=O)OC(=O)[C@@H](N)Cc1cnc[nH]1. The first kappa shape index (κ1) is 21.2. The number of nitrogens with one attached hydrogen (secondary N) is 1. The van der Waals surface area contributed by atoms with Crippen LogP contribution < -0.4 is 17.2 Å². The molecule has 0 aliphatic heterocycles. The molecule has 1 aromatic carbocycles. The highest BCUT2D eigenvalue weighted by molar-refractivity contribution is 5.91. The van der Waals surface area contributed by atoms with Gasteiger partial charge in [-0.1, -0.05) is 30.3 Å². The summed E-state index contributed by atoms with van der Waals surface area (Å²) in [7, 11) is 0. The van der Waals surface area contributed by atoms with Crippen LogP contribution in [0.4, 0.5) is 0 Å². The van der Waals surface area contributed by atoms with Gasteiger partial charge in [-0.05, 0) is 12.0 Å². The van der Waals surface area contributed by atoms with Crippen molar-refractivity contribution in [2.24, 2.45) is 17.2 Å². The summed E-state index contributed by atoms with van der Waals surface area (Å²) >= 11 is 0. The second-order valence-electron chi connectivity index (χ2n) is 6.16. The molecule has 10 nitrogen and oxygen atoms in total. The summed E-state index contributed by atoms with van der Waals surface area (Å²) in [5.41, 5.74) is 18.5. The van der Waals surface area contributed by atoms with Gasteiger partial charge in [0, 0.05) is 18.3 Å². The summed E-state index contributed by atoms with van der Waals surface area (Å²) in [6.07, 6.45) is 3.33. The third-order valence-electron chi connectivity index (χ3n) is 3.81. The number of hydrogen-bond acceptors (Lipinski definition) is 9. The van der Waals surface area contributed by atoms with Crippen molar-refractivity contribution >= 4 is 17.9 Å². The summed E-state index contributed by atoms with van der Waals surface area (Å²) in [6, 6.07) is 5.84. The second-order valence-corrected chi connectivity index (χ2v) is 6.16.